The molecule has 0 radical (unpaired) electrons. The number of hydrogen-bond acceptors (Lipinski definition) is 4. The first-order valence-corrected chi connectivity index (χ1v) is 6.85. The van der Waals surface area contributed by atoms with Gasteiger partial charge >= 0.3 is 7.60 Å². The monoisotopic (exact) mass is 253 g/mol. The van der Waals surface area contributed by atoms with E-state index in [2.05, 4.69) is 4.52 Å². The van der Waals surface area contributed by atoms with Gasteiger partial charge in [-0.25, -0.2) is 0 Å². The van der Waals surface area contributed by atoms with Crippen molar-refractivity contribution in [2.75, 3.05) is 7.11 Å². The van der Waals surface area contributed by atoms with Crippen molar-refractivity contribution in [1.29, 1.82) is 0 Å². The lowest BCUT2D eigenvalue weighted by Crippen LogP contribution is -2.51. The van der Waals surface area contributed by atoms with Gasteiger partial charge in [0.1, 0.15) is 5.78 Å². The summed E-state index contributed by atoms with van der Waals surface area (Å²) in [6.07, 6.45) is 0. The van der Waals surface area contributed by atoms with Crippen LogP contribution in [-0.4, -0.2) is 33.6 Å². The SMILES string of the molecule is COP(=O)(O)C(N(O)C(C)(C)C)C(C)(C)C. The van der Waals surface area contributed by atoms with Crippen molar-refractivity contribution >= 4 is 7.60 Å². The average Bonchev–Trinajstić information content (AvgIpc) is 1.99. The summed E-state index contributed by atoms with van der Waals surface area (Å²) in [5.74, 6) is -0.968. The Bertz CT molecular complexity index is 280. The van der Waals surface area contributed by atoms with Gasteiger partial charge in [0.05, 0.1) is 0 Å². The predicted octanol–water partition coefficient (Wildman–Crippen LogP) is 2.68. The van der Waals surface area contributed by atoms with Gasteiger partial charge in [0, 0.05) is 12.6 Å². The highest BCUT2D eigenvalue weighted by molar-refractivity contribution is 7.53. The molecule has 0 amide bonds. The predicted molar refractivity (Wildman–Crippen MR) is 63.5 cm³/mol. The Kier molecular flexibility index (Phi) is 4.77. The molecule has 0 fully saturated rings. The van der Waals surface area contributed by atoms with E-state index in [0.29, 0.717) is 0 Å². The number of hydroxylamine groups is 2. The minimum atomic E-state index is -3.88. The summed E-state index contributed by atoms with van der Waals surface area (Å²) in [4.78, 5) is 9.78. The second kappa shape index (κ2) is 4.75. The third-order valence-electron chi connectivity index (χ3n) is 2.26. The second-order valence-corrected chi connectivity index (χ2v) is 7.98. The molecular formula is C10H24NO4P. The van der Waals surface area contributed by atoms with Crippen LogP contribution in [0, 0.1) is 5.41 Å². The Hall–Kier alpha value is 0.0700. The molecule has 0 rings (SSSR count). The standard InChI is InChI=1S/C10H24NO4P/c1-9(2,3)8(16(13,14)15-7)11(12)10(4,5)6/h8,12H,1-7H3,(H,13,14). The van der Waals surface area contributed by atoms with Gasteiger partial charge in [0.25, 0.3) is 0 Å². The van der Waals surface area contributed by atoms with Crippen LogP contribution >= 0.6 is 7.60 Å². The topological polar surface area (TPSA) is 70.0 Å². The van der Waals surface area contributed by atoms with E-state index in [9.17, 15) is 14.7 Å². The van der Waals surface area contributed by atoms with Gasteiger partial charge in [-0.15, -0.1) is 0 Å². The molecule has 2 unspecified atom stereocenters. The zero-order valence-corrected chi connectivity index (χ0v) is 12.1. The average molecular weight is 253 g/mol. The molecule has 0 saturated carbocycles. The van der Waals surface area contributed by atoms with E-state index in [1.54, 1.807) is 41.5 Å². The van der Waals surface area contributed by atoms with Crippen LogP contribution in [-0.2, 0) is 9.09 Å². The largest absolute Gasteiger partial charge is 0.347 e. The lowest BCUT2D eigenvalue weighted by Gasteiger charge is -2.43. The fourth-order valence-corrected chi connectivity index (χ4v) is 3.26. The summed E-state index contributed by atoms with van der Waals surface area (Å²) < 4.78 is 16.6. The summed E-state index contributed by atoms with van der Waals surface area (Å²) in [6.45, 7) is 10.7. The maximum absolute atomic E-state index is 11.9. The van der Waals surface area contributed by atoms with Crippen LogP contribution in [0.5, 0.6) is 0 Å². The third kappa shape index (κ3) is 3.82. The summed E-state index contributed by atoms with van der Waals surface area (Å²) in [7, 11) is -2.71. The van der Waals surface area contributed by atoms with Crippen molar-refractivity contribution < 1.29 is 19.2 Å². The van der Waals surface area contributed by atoms with Gasteiger partial charge in [-0.1, -0.05) is 20.8 Å². The van der Waals surface area contributed by atoms with Crippen molar-refractivity contribution in [1.82, 2.24) is 5.06 Å². The molecule has 98 valence electrons. The lowest BCUT2D eigenvalue weighted by molar-refractivity contribution is -0.190. The van der Waals surface area contributed by atoms with Gasteiger partial charge in [0.2, 0.25) is 0 Å². The van der Waals surface area contributed by atoms with E-state index in [-0.39, 0.29) is 0 Å². The van der Waals surface area contributed by atoms with Gasteiger partial charge in [-0.3, -0.25) is 4.57 Å². The minimum Gasteiger partial charge on any atom is -0.323 e. The Balaban J connectivity index is 5.38. The molecule has 0 spiro atoms. The highest BCUT2D eigenvalue weighted by atomic mass is 31.2. The molecule has 5 nitrogen and oxygen atoms in total. The van der Waals surface area contributed by atoms with Crippen molar-refractivity contribution in [3.8, 4) is 0 Å². The molecule has 0 heterocycles. The summed E-state index contributed by atoms with van der Waals surface area (Å²) >= 11 is 0. The molecule has 0 saturated heterocycles. The van der Waals surface area contributed by atoms with Crippen molar-refractivity contribution in [2.24, 2.45) is 5.41 Å². The van der Waals surface area contributed by atoms with Crippen LogP contribution in [0.2, 0.25) is 0 Å². The zero-order valence-electron chi connectivity index (χ0n) is 11.2. The van der Waals surface area contributed by atoms with Crippen LogP contribution in [0.1, 0.15) is 41.5 Å². The quantitative estimate of drug-likeness (QED) is 0.597. The summed E-state index contributed by atoms with van der Waals surface area (Å²) in [5.41, 5.74) is -1.21. The van der Waals surface area contributed by atoms with Crippen LogP contribution in [0.25, 0.3) is 0 Å². The van der Waals surface area contributed by atoms with E-state index in [1.165, 1.54) is 7.11 Å². The smallest absolute Gasteiger partial charge is 0.323 e. The second-order valence-electron chi connectivity index (χ2n) is 6.00. The van der Waals surface area contributed by atoms with E-state index in [4.69, 9.17) is 0 Å². The van der Waals surface area contributed by atoms with Gasteiger partial charge < -0.3 is 14.6 Å². The summed E-state index contributed by atoms with van der Waals surface area (Å²) in [6, 6.07) is 0. The Morgan fingerprint density at radius 3 is 1.75 bits per heavy atom. The first-order valence-electron chi connectivity index (χ1n) is 5.20. The van der Waals surface area contributed by atoms with E-state index in [1.807, 2.05) is 0 Å². The van der Waals surface area contributed by atoms with E-state index >= 15 is 0 Å². The molecular weight excluding hydrogens is 229 g/mol. The lowest BCUT2D eigenvalue weighted by atomic mass is 9.94. The molecule has 2 N–H and O–H groups in total. The molecule has 2 atom stereocenters. The molecule has 0 aromatic heterocycles. The molecule has 0 aliphatic carbocycles. The van der Waals surface area contributed by atoms with Crippen molar-refractivity contribution in [3.63, 3.8) is 0 Å². The third-order valence-corrected chi connectivity index (χ3v) is 4.40. The molecule has 0 aromatic carbocycles. The van der Waals surface area contributed by atoms with E-state index in [0.717, 1.165) is 5.06 Å². The molecule has 0 aliphatic rings. The molecule has 0 aliphatic heterocycles. The molecule has 6 heteroatoms. The van der Waals surface area contributed by atoms with Crippen LogP contribution in [0.15, 0.2) is 0 Å². The van der Waals surface area contributed by atoms with Crippen molar-refractivity contribution in [3.05, 3.63) is 0 Å². The minimum absolute atomic E-state index is 0.581. The zero-order chi connectivity index (χ0) is 13.4. The van der Waals surface area contributed by atoms with Gasteiger partial charge in [0.15, 0.2) is 0 Å². The van der Waals surface area contributed by atoms with Crippen LogP contribution in [0.4, 0.5) is 0 Å². The Morgan fingerprint density at radius 2 is 1.56 bits per heavy atom. The number of nitrogens with zero attached hydrogens (tertiary/aromatic N) is 1. The first-order chi connectivity index (χ1) is 6.84. The first kappa shape index (κ1) is 16.1. The van der Waals surface area contributed by atoms with Gasteiger partial charge in [-0.05, 0) is 26.2 Å². The van der Waals surface area contributed by atoms with Crippen LogP contribution < -0.4 is 0 Å². The molecule has 0 aromatic rings. The van der Waals surface area contributed by atoms with Crippen LogP contribution in [0.3, 0.4) is 0 Å². The Morgan fingerprint density at radius 1 is 1.19 bits per heavy atom. The fraction of sp³-hybridized carbons (Fsp3) is 1.00. The normalized spacial score (nSPS) is 19.6. The maximum atomic E-state index is 11.9. The number of hydrogen-bond donors (Lipinski definition) is 2. The highest BCUT2D eigenvalue weighted by Gasteiger charge is 2.47. The molecule has 0 bridgehead atoms. The number of rotatable bonds is 3. The highest BCUT2D eigenvalue weighted by Crippen LogP contribution is 2.55. The maximum Gasteiger partial charge on any atom is 0.347 e. The summed E-state index contributed by atoms with van der Waals surface area (Å²) in [5, 5.41) is 11.0. The van der Waals surface area contributed by atoms with Gasteiger partial charge in [-0.2, -0.15) is 5.06 Å². The fourth-order valence-electron chi connectivity index (χ4n) is 1.46. The molecule has 16 heavy (non-hydrogen) atoms. The van der Waals surface area contributed by atoms with E-state index < -0.39 is 24.3 Å². The Labute approximate surface area is 97.9 Å². The van der Waals surface area contributed by atoms with Crippen molar-refractivity contribution in [2.45, 2.75) is 52.9 Å².